The fourth-order valence-electron chi connectivity index (χ4n) is 1.81. The number of carboxylic acid groups (broad SMARTS) is 1. The maximum absolute atomic E-state index is 10.7. The number of carbonyl (C=O) groups is 1. The van der Waals surface area contributed by atoms with Crippen molar-refractivity contribution in [3.05, 3.63) is 35.9 Å². The molecular formula is C14H21NO2. The van der Waals surface area contributed by atoms with E-state index >= 15 is 0 Å². The van der Waals surface area contributed by atoms with Gasteiger partial charge >= 0.3 is 5.97 Å². The zero-order valence-corrected chi connectivity index (χ0v) is 10.5. The molecular weight excluding hydrogens is 214 g/mol. The highest BCUT2D eigenvalue weighted by Crippen LogP contribution is 2.13. The van der Waals surface area contributed by atoms with E-state index in [-0.39, 0.29) is 18.4 Å². The van der Waals surface area contributed by atoms with Gasteiger partial charge in [0.05, 0.1) is 0 Å². The van der Waals surface area contributed by atoms with Crippen molar-refractivity contribution < 1.29 is 9.90 Å². The molecule has 0 bridgehead atoms. The monoisotopic (exact) mass is 235 g/mol. The molecule has 0 radical (unpaired) electrons. The maximum atomic E-state index is 10.7. The highest BCUT2D eigenvalue weighted by Gasteiger charge is 2.12. The number of rotatable bonds is 7. The van der Waals surface area contributed by atoms with Crippen molar-refractivity contribution in [3.8, 4) is 0 Å². The molecule has 0 fully saturated rings. The summed E-state index contributed by atoms with van der Waals surface area (Å²) in [4.78, 5) is 10.7. The van der Waals surface area contributed by atoms with E-state index < -0.39 is 5.97 Å². The summed E-state index contributed by atoms with van der Waals surface area (Å²) in [5.41, 5.74) is 1.23. The first kappa shape index (κ1) is 13.7. The Kier molecular flexibility index (Phi) is 5.70. The highest BCUT2D eigenvalue weighted by atomic mass is 16.4. The standard InChI is InChI=1S/C14H21NO2/c1-3-12(9-14(16)17)10-15-11(2)13-7-5-4-6-8-13/h4-8,11-12,15H,3,9-10H2,1-2H3,(H,16,17)/t11-,12-/m0/s1. The molecule has 0 saturated heterocycles. The molecule has 0 unspecified atom stereocenters. The Labute approximate surface area is 103 Å². The Balaban J connectivity index is 2.41. The van der Waals surface area contributed by atoms with Gasteiger partial charge in [0.15, 0.2) is 0 Å². The molecule has 0 saturated carbocycles. The first-order valence-electron chi connectivity index (χ1n) is 6.13. The minimum Gasteiger partial charge on any atom is -0.481 e. The Morgan fingerprint density at radius 2 is 2.00 bits per heavy atom. The number of carboxylic acids is 1. The topological polar surface area (TPSA) is 49.3 Å². The van der Waals surface area contributed by atoms with Crippen molar-refractivity contribution in [1.29, 1.82) is 0 Å². The lowest BCUT2D eigenvalue weighted by atomic mass is 10.0. The van der Waals surface area contributed by atoms with E-state index in [2.05, 4.69) is 24.4 Å². The Morgan fingerprint density at radius 3 is 2.53 bits per heavy atom. The molecule has 0 aliphatic heterocycles. The molecule has 2 N–H and O–H groups in total. The van der Waals surface area contributed by atoms with Crippen LogP contribution < -0.4 is 5.32 Å². The van der Waals surface area contributed by atoms with Crippen LogP contribution in [-0.2, 0) is 4.79 Å². The fraction of sp³-hybridized carbons (Fsp3) is 0.500. The summed E-state index contributed by atoms with van der Waals surface area (Å²) in [5.74, 6) is -0.510. The number of benzene rings is 1. The smallest absolute Gasteiger partial charge is 0.303 e. The van der Waals surface area contributed by atoms with Crippen LogP contribution in [0.15, 0.2) is 30.3 Å². The minimum atomic E-state index is -0.717. The van der Waals surface area contributed by atoms with Crippen molar-refractivity contribution in [3.63, 3.8) is 0 Å². The lowest BCUT2D eigenvalue weighted by Gasteiger charge is -2.18. The van der Waals surface area contributed by atoms with Crippen LogP contribution in [0.25, 0.3) is 0 Å². The second-order valence-corrected chi connectivity index (χ2v) is 4.41. The van der Waals surface area contributed by atoms with Gasteiger partial charge in [0, 0.05) is 12.5 Å². The molecule has 0 aliphatic carbocycles. The van der Waals surface area contributed by atoms with E-state index in [1.165, 1.54) is 5.56 Å². The van der Waals surface area contributed by atoms with Crippen LogP contribution in [0, 0.1) is 5.92 Å². The number of hydrogen-bond donors (Lipinski definition) is 2. The van der Waals surface area contributed by atoms with Gasteiger partial charge in [-0.25, -0.2) is 0 Å². The predicted molar refractivity (Wildman–Crippen MR) is 68.9 cm³/mol. The SMILES string of the molecule is CC[C@H](CN[C@@H](C)c1ccccc1)CC(=O)O. The Bertz CT molecular complexity index is 337. The molecule has 2 atom stereocenters. The third-order valence-electron chi connectivity index (χ3n) is 3.05. The normalized spacial score (nSPS) is 14.2. The van der Waals surface area contributed by atoms with Crippen molar-refractivity contribution in [2.45, 2.75) is 32.7 Å². The molecule has 94 valence electrons. The molecule has 1 rings (SSSR count). The molecule has 0 aromatic heterocycles. The van der Waals surface area contributed by atoms with E-state index in [1.807, 2.05) is 25.1 Å². The van der Waals surface area contributed by atoms with E-state index in [0.29, 0.717) is 0 Å². The average molecular weight is 235 g/mol. The van der Waals surface area contributed by atoms with Gasteiger partial charge in [-0.2, -0.15) is 0 Å². The molecule has 3 heteroatoms. The third kappa shape index (κ3) is 5.00. The van der Waals surface area contributed by atoms with Crippen molar-refractivity contribution in [2.75, 3.05) is 6.54 Å². The van der Waals surface area contributed by atoms with Crippen LogP contribution in [-0.4, -0.2) is 17.6 Å². The van der Waals surface area contributed by atoms with Crippen LogP contribution in [0.5, 0.6) is 0 Å². The van der Waals surface area contributed by atoms with Gasteiger partial charge < -0.3 is 10.4 Å². The van der Waals surface area contributed by atoms with Crippen LogP contribution >= 0.6 is 0 Å². The summed E-state index contributed by atoms with van der Waals surface area (Å²) in [6, 6.07) is 10.4. The Morgan fingerprint density at radius 1 is 1.35 bits per heavy atom. The second kappa shape index (κ2) is 7.07. The van der Waals surface area contributed by atoms with Crippen LogP contribution in [0.1, 0.15) is 38.3 Å². The number of nitrogens with one attached hydrogen (secondary N) is 1. The summed E-state index contributed by atoms with van der Waals surface area (Å²) >= 11 is 0. The first-order chi connectivity index (χ1) is 8.13. The first-order valence-corrected chi connectivity index (χ1v) is 6.13. The minimum absolute atomic E-state index is 0.207. The summed E-state index contributed by atoms with van der Waals surface area (Å²) in [7, 11) is 0. The van der Waals surface area contributed by atoms with Crippen molar-refractivity contribution in [1.82, 2.24) is 5.32 Å². The lowest BCUT2D eigenvalue weighted by molar-refractivity contribution is -0.138. The number of aliphatic carboxylic acids is 1. The van der Waals surface area contributed by atoms with Crippen LogP contribution in [0.4, 0.5) is 0 Å². The van der Waals surface area contributed by atoms with Crippen molar-refractivity contribution >= 4 is 5.97 Å². The summed E-state index contributed by atoms with van der Waals surface area (Å²) in [6.07, 6.45) is 1.13. The predicted octanol–water partition coefficient (Wildman–Crippen LogP) is 2.84. The quantitative estimate of drug-likeness (QED) is 0.764. The van der Waals surface area contributed by atoms with Gasteiger partial charge in [-0.05, 0) is 24.9 Å². The van der Waals surface area contributed by atoms with Crippen molar-refractivity contribution in [2.24, 2.45) is 5.92 Å². The van der Waals surface area contributed by atoms with E-state index in [0.717, 1.165) is 13.0 Å². The molecule has 1 aromatic carbocycles. The second-order valence-electron chi connectivity index (χ2n) is 4.41. The van der Waals surface area contributed by atoms with Gasteiger partial charge in [0.2, 0.25) is 0 Å². The van der Waals surface area contributed by atoms with E-state index in [9.17, 15) is 4.79 Å². The largest absolute Gasteiger partial charge is 0.481 e. The summed E-state index contributed by atoms with van der Waals surface area (Å²) in [5, 5.41) is 12.2. The molecule has 0 aliphatic rings. The van der Waals surface area contributed by atoms with E-state index in [1.54, 1.807) is 0 Å². The average Bonchev–Trinajstić information content (AvgIpc) is 2.34. The maximum Gasteiger partial charge on any atom is 0.303 e. The highest BCUT2D eigenvalue weighted by molar-refractivity contribution is 5.67. The van der Waals surface area contributed by atoms with Gasteiger partial charge in [-0.3, -0.25) is 4.79 Å². The van der Waals surface area contributed by atoms with Gasteiger partial charge in [0.25, 0.3) is 0 Å². The van der Waals surface area contributed by atoms with Gasteiger partial charge in [-0.15, -0.1) is 0 Å². The molecule has 3 nitrogen and oxygen atoms in total. The van der Waals surface area contributed by atoms with Crippen LogP contribution in [0.2, 0.25) is 0 Å². The Hall–Kier alpha value is -1.35. The molecule has 0 spiro atoms. The molecule has 17 heavy (non-hydrogen) atoms. The fourth-order valence-corrected chi connectivity index (χ4v) is 1.81. The number of hydrogen-bond acceptors (Lipinski definition) is 2. The molecule has 1 aromatic rings. The van der Waals surface area contributed by atoms with Crippen LogP contribution in [0.3, 0.4) is 0 Å². The summed E-state index contributed by atoms with van der Waals surface area (Å²) < 4.78 is 0. The lowest BCUT2D eigenvalue weighted by Crippen LogP contribution is -2.26. The molecule has 0 heterocycles. The summed E-state index contributed by atoms with van der Waals surface area (Å²) in [6.45, 7) is 4.88. The van der Waals surface area contributed by atoms with Gasteiger partial charge in [0.1, 0.15) is 0 Å². The molecule has 0 amide bonds. The van der Waals surface area contributed by atoms with E-state index in [4.69, 9.17) is 5.11 Å². The zero-order chi connectivity index (χ0) is 12.7. The van der Waals surface area contributed by atoms with Gasteiger partial charge in [-0.1, -0.05) is 43.7 Å². The zero-order valence-electron chi connectivity index (χ0n) is 10.5. The third-order valence-corrected chi connectivity index (χ3v) is 3.05.